The Balaban J connectivity index is 1.77. The van der Waals surface area contributed by atoms with Crippen molar-refractivity contribution in [2.45, 2.75) is 75.4 Å². The molecule has 0 aliphatic carbocycles. The first-order valence-corrected chi connectivity index (χ1v) is 10.3. The van der Waals surface area contributed by atoms with Crippen molar-refractivity contribution in [3.8, 4) is 0 Å². The Labute approximate surface area is 168 Å². The van der Waals surface area contributed by atoms with E-state index in [2.05, 4.69) is 5.32 Å². The fraction of sp³-hybridized carbons (Fsp3) is 0.789. The number of hydrogen-bond acceptors (Lipinski definition) is 6. The molecule has 10 nitrogen and oxygen atoms in total. The minimum atomic E-state index is -1.55. The molecule has 10 heteroatoms. The van der Waals surface area contributed by atoms with Crippen molar-refractivity contribution in [2.75, 3.05) is 19.6 Å². The first-order valence-electron chi connectivity index (χ1n) is 10.3. The van der Waals surface area contributed by atoms with Crippen LogP contribution in [0.25, 0.3) is 0 Å². The molecule has 5 heterocycles. The van der Waals surface area contributed by atoms with Gasteiger partial charge in [0, 0.05) is 13.1 Å². The average molecular weight is 408 g/mol. The summed E-state index contributed by atoms with van der Waals surface area (Å²) in [7, 11) is 0. The lowest BCUT2D eigenvalue weighted by atomic mass is 9.80. The number of carbonyl (C=O) groups excluding carboxylic acids is 4. The molecule has 29 heavy (non-hydrogen) atoms. The number of β-lactam (4-membered cyclic amide) rings is 1. The molecule has 5 saturated heterocycles. The predicted octanol–water partition coefficient (Wildman–Crippen LogP) is -2.19. The smallest absolute Gasteiger partial charge is 0.253 e. The van der Waals surface area contributed by atoms with Gasteiger partial charge in [0.15, 0.2) is 5.54 Å². The van der Waals surface area contributed by atoms with Gasteiger partial charge in [0.05, 0.1) is 18.8 Å². The van der Waals surface area contributed by atoms with Gasteiger partial charge in [-0.2, -0.15) is 0 Å². The van der Waals surface area contributed by atoms with Crippen LogP contribution in [0.15, 0.2) is 0 Å². The highest BCUT2D eigenvalue weighted by Crippen LogP contribution is 2.34. The fourth-order valence-corrected chi connectivity index (χ4v) is 5.16. The first kappa shape index (κ1) is 20.1. The Morgan fingerprint density at radius 1 is 0.931 bits per heavy atom. The highest BCUT2D eigenvalue weighted by molar-refractivity contribution is 6.03. The maximum Gasteiger partial charge on any atom is 0.253 e. The van der Waals surface area contributed by atoms with Gasteiger partial charge >= 0.3 is 0 Å². The minimum Gasteiger partial charge on any atom is -0.391 e. The highest BCUT2D eigenvalue weighted by Gasteiger charge is 2.61. The number of hydrogen-bond donors (Lipinski definition) is 3. The Hall–Kier alpha value is -2.20. The fourth-order valence-electron chi connectivity index (χ4n) is 5.16. The van der Waals surface area contributed by atoms with Crippen LogP contribution in [-0.4, -0.2) is 104 Å². The zero-order chi connectivity index (χ0) is 21.1. The second kappa shape index (κ2) is 6.94. The summed E-state index contributed by atoms with van der Waals surface area (Å²) < 4.78 is 0. The quantitative estimate of drug-likeness (QED) is 0.445. The number of nitrogens with one attached hydrogen (secondary N) is 1. The van der Waals surface area contributed by atoms with Crippen LogP contribution < -0.4 is 5.32 Å². The Bertz CT molecular complexity index is 755. The van der Waals surface area contributed by atoms with E-state index in [-0.39, 0.29) is 12.5 Å². The van der Waals surface area contributed by atoms with Crippen LogP contribution in [0.5, 0.6) is 0 Å². The van der Waals surface area contributed by atoms with E-state index in [1.54, 1.807) is 0 Å². The summed E-state index contributed by atoms with van der Waals surface area (Å²) in [5, 5.41) is 23.3. The molecule has 2 unspecified atom stereocenters. The molecule has 5 aliphatic heterocycles. The van der Waals surface area contributed by atoms with Gasteiger partial charge in [0.1, 0.15) is 18.1 Å². The molecule has 4 amide bonds. The topological polar surface area (TPSA) is 130 Å². The third-order valence-electron chi connectivity index (χ3n) is 6.83. The molecule has 0 saturated carbocycles. The highest BCUT2D eigenvalue weighted by atomic mass is 16.3. The van der Waals surface area contributed by atoms with Crippen molar-refractivity contribution in [1.29, 1.82) is 0 Å². The molecule has 160 valence electrons. The summed E-state index contributed by atoms with van der Waals surface area (Å²) in [4.78, 5) is 56.8. The molecule has 0 aromatic carbocycles. The largest absolute Gasteiger partial charge is 0.391 e. The van der Waals surface area contributed by atoms with Crippen LogP contribution in [0.3, 0.4) is 0 Å². The van der Waals surface area contributed by atoms with Gasteiger partial charge in [-0.15, -0.1) is 0 Å². The van der Waals surface area contributed by atoms with Crippen LogP contribution in [0, 0.1) is 0 Å². The second-order valence-corrected chi connectivity index (χ2v) is 8.63. The van der Waals surface area contributed by atoms with Crippen LogP contribution in [-0.2, 0) is 19.2 Å². The normalized spacial score (nSPS) is 37.2. The summed E-state index contributed by atoms with van der Waals surface area (Å²) in [5.41, 5.74) is -1.55. The van der Waals surface area contributed by atoms with E-state index in [1.807, 2.05) is 0 Å². The summed E-state index contributed by atoms with van der Waals surface area (Å²) >= 11 is 0. The van der Waals surface area contributed by atoms with E-state index in [9.17, 15) is 29.4 Å². The number of fused-ring (bicyclic) bond motifs is 2. The third-order valence-corrected chi connectivity index (χ3v) is 6.83. The lowest BCUT2D eigenvalue weighted by Gasteiger charge is -2.54. The van der Waals surface area contributed by atoms with Crippen molar-refractivity contribution in [2.24, 2.45) is 0 Å². The molecule has 6 atom stereocenters. The summed E-state index contributed by atoms with van der Waals surface area (Å²) in [6.07, 6.45) is -0.0792. The van der Waals surface area contributed by atoms with Gasteiger partial charge in [-0.3, -0.25) is 19.2 Å². The van der Waals surface area contributed by atoms with E-state index >= 15 is 0 Å². The molecule has 5 fully saturated rings. The number of aliphatic hydroxyl groups is 2. The van der Waals surface area contributed by atoms with Crippen LogP contribution in [0.1, 0.15) is 39.5 Å². The summed E-state index contributed by atoms with van der Waals surface area (Å²) in [5.74, 6) is -1.78. The lowest BCUT2D eigenvalue weighted by Crippen LogP contribution is -2.82. The number of carbonyl (C=O) groups is 4. The van der Waals surface area contributed by atoms with E-state index in [0.717, 1.165) is 0 Å². The average Bonchev–Trinajstić information content (AvgIpc) is 3.33. The number of rotatable bonds is 2. The molecule has 2 bridgehead atoms. The molecule has 0 aromatic rings. The van der Waals surface area contributed by atoms with Crippen LogP contribution in [0.2, 0.25) is 0 Å². The molecular weight excluding hydrogens is 380 g/mol. The molecule has 0 spiro atoms. The number of nitrogens with zero attached hydrogens (tertiary/aromatic N) is 3. The Morgan fingerprint density at radius 2 is 1.52 bits per heavy atom. The van der Waals surface area contributed by atoms with Gasteiger partial charge in [-0.05, 0) is 39.5 Å². The van der Waals surface area contributed by atoms with E-state index in [0.29, 0.717) is 38.8 Å². The molecule has 5 rings (SSSR count). The van der Waals surface area contributed by atoms with Gasteiger partial charge < -0.3 is 30.2 Å². The molecule has 0 aromatic heterocycles. The van der Waals surface area contributed by atoms with Gasteiger partial charge in [0.2, 0.25) is 17.7 Å². The van der Waals surface area contributed by atoms with E-state index in [4.69, 9.17) is 0 Å². The number of amides is 4. The maximum absolute atomic E-state index is 13.3. The van der Waals surface area contributed by atoms with Crippen molar-refractivity contribution in [3.05, 3.63) is 0 Å². The number of aliphatic hydroxyl groups excluding tert-OH is 2. The van der Waals surface area contributed by atoms with Gasteiger partial charge in [0.25, 0.3) is 5.91 Å². The molecule has 3 N–H and O–H groups in total. The molecule has 0 radical (unpaired) electrons. The van der Waals surface area contributed by atoms with Crippen molar-refractivity contribution >= 4 is 23.6 Å². The Morgan fingerprint density at radius 3 is 2.07 bits per heavy atom. The summed E-state index contributed by atoms with van der Waals surface area (Å²) in [6.45, 7) is 3.54. The zero-order valence-corrected chi connectivity index (χ0v) is 16.7. The Kier molecular flexibility index (Phi) is 4.81. The third kappa shape index (κ3) is 2.83. The van der Waals surface area contributed by atoms with Crippen LogP contribution >= 0.6 is 0 Å². The van der Waals surface area contributed by atoms with Gasteiger partial charge in [-0.25, -0.2) is 0 Å². The molecular formula is C19H28N4O6. The van der Waals surface area contributed by atoms with E-state index < -0.39 is 53.6 Å². The minimum absolute atomic E-state index is 0.0737. The SMILES string of the molecule is C[C@@H](O)C1C(=O)N2CCC[C@H]2C(=O)N2CCC[C@H]2C(=O)NC2([C@@H](C)O)CN1C2=O. The first-order chi connectivity index (χ1) is 13.7. The van der Waals surface area contributed by atoms with Crippen molar-refractivity contribution < 1.29 is 29.4 Å². The predicted molar refractivity (Wildman–Crippen MR) is 99.2 cm³/mol. The van der Waals surface area contributed by atoms with Crippen molar-refractivity contribution in [1.82, 2.24) is 20.0 Å². The molecule has 5 aliphatic rings. The second-order valence-electron chi connectivity index (χ2n) is 8.63. The van der Waals surface area contributed by atoms with Crippen LogP contribution in [0.4, 0.5) is 0 Å². The van der Waals surface area contributed by atoms with Crippen molar-refractivity contribution in [3.63, 3.8) is 0 Å². The lowest BCUT2D eigenvalue weighted by molar-refractivity contribution is -0.179. The van der Waals surface area contributed by atoms with Gasteiger partial charge in [-0.1, -0.05) is 0 Å². The zero-order valence-electron chi connectivity index (χ0n) is 16.7. The summed E-state index contributed by atoms with van der Waals surface area (Å²) in [6, 6.07) is -2.56. The van der Waals surface area contributed by atoms with E-state index in [1.165, 1.54) is 28.5 Å². The monoisotopic (exact) mass is 408 g/mol. The maximum atomic E-state index is 13.3. The standard InChI is InChI=1S/C19H28N4O6/c1-10(24)14-17(28)22-8-4-6-13(22)16(27)21-7-3-5-12(21)15(26)20-19(11(2)25)9-23(14)18(19)29/h10-14,24-25H,3-9H2,1-2H3,(H,20,26)/t10-,11-,12+,13+,14?,19?/m1/s1.